The zero-order valence-electron chi connectivity index (χ0n) is 12.3. The molecule has 1 aromatic carbocycles. The lowest BCUT2D eigenvalue weighted by Gasteiger charge is -2.21. The first-order valence-corrected chi connectivity index (χ1v) is 7.95. The summed E-state index contributed by atoms with van der Waals surface area (Å²) in [7, 11) is 0. The first-order chi connectivity index (χ1) is 10.3. The number of hydrogen-bond acceptors (Lipinski definition) is 2. The third-order valence-corrected chi connectivity index (χ3v) is 4.48. The molecule has 1 heterocycles. The molecule has 0 atom stereocenters. The molecule has 0 aliphatic heterocycles. The second kappa shape index (κ2) is 6.70. The van der Waals surface area contributed by atoms with Crippen LogP contribution in [-0.4, -0.2) is 17.4 Å². The van der Waals surface area contributed by atoms with Crippen LogP contribution in [0.15, 0.2) is 36.7 Å². The van der Waals surface area contributed by atoms with E-state index in [1.807, 2.05) is 24.3 Å². The molecule has 1 aromatic heterocycles. The van der Waals surface area contributed by atoms with E-state index >= 15 is 0 Å². The predicted molar refractivity (Wildman–Crippen MR) is 85.3 cm³/mol. The highest BCUT2D eigenvalue weighted by Gasteiger charge is 2.14. The molecule has 1 fully saturated rings. The monoisotopic (exact) mass is 282 g/mol. The highest BCUT2D eigenvalue weighted by Crippen LogP contribution is 2.25. The molecule has 110 valence electrons. The Morgan fingerprint density at radius 3 is 2.81 bits per heavy atom. The zero-order valence-corrected chi connectivity index (χ0v) is 12.3. The number of pyridine rings is 1. The normalized spacial score (nSPS) is 16.0. The van der Waals surface area contributed by atoms with Crippen LogP contribution in [0.5, 0.6) is 0 Å². The van der Waals surface area contributed by atoms with Crippen LogP contribution < -0.4 is 5.32 Å². The number of rotatable bonds is 4. The highest BCUT2D eigenvalue weighted by molar-refractivity contribution is 6.06. The number of benzene rings is 1. The molecule has 2 aromatic rings. The van der Waals surface area contributed by atoms with Crippen molar-refractivity contribution in [1.82, 2.24) is 10.3 Å². The van der Waals surface area contributed by atoms with Gasteiger partial charge in [-0.25, -0.2) is 0 Å². The van der Waals surface area contributed by atoms with Gasteiger partial charge in [0.25, 0.3) is 5.91 Å². The van der Waals surface area contributed by atoms with Crippen LogP contribution in [0.25, 0.3) is 10.8 Å². The van der Waals surface area contributed by atoms with Crippen molar-refractivity contribution in [3.63, 3.8) is 0 Å². The van der Waals surface area contributed by atoms with Gasteiger partial charge in [-0.3, -0.25) is 9.78 Å². The maximum absolute atomic E-state index is 12.3. The Bertz CT molecular complexity index is 612. The molecule has 1 N–H and O–H groups in total. The van der Waals surface area contributed by atoms with E-state index in [0.717, 1.165) is 29.7 Å². The minimum Gasteiger partial charge on any atom is -0.352 e. The third-order valence-electron chi connectivity index (χ3n) is 4.48. The zero-order chi connectivity index (χ0) is 14.5. The fraction of sp³-hybridized carbons (Fsp3) is 0.444. The Labute approximate surface area is 125 Å². The number of amides is 1. The minimum atomic E-state index is -0.00453. The van der Waals surface area contributed by atoms with Gasteiger partial charge in [0.1, 0.15) is 0 Å². The lowest BCUT2D eigenvalue weighted by atomic mass is 9.87. The molecule has 0 bridgehead atoms. The van der Waals surface area contributed by atoms with Crippen molar-refractivity contribution < 1.29 is 4.79 Å². The van der Waals surface area contributed by atoms with E-state index in [4.69, 9.17) is 0 Å². The Kier molecular flexibility index (Phi) is 4.49. The summed E-state index contributed by atoms with van der Waals surface area (Å²) in [4.78, 5) is 16.5. The van der Waals surface area contributed by atoms with Gasteiger partial charge in [0.05, 0.1) is 5.56 Å². The summed E-state index contributed by atoms with van der Waals surface area (Å²) >= 11 is 0. The van der Waals surface area contributed by atoms with E-state index in [-0.39, 0.29) is 5.91 Å². The average molecular weight is 282 g/mol. The number of nitrogens with one attached hydrogen (secondary N) is 1. The van der Waals surface area contributed by atoms with E-state index in [1.165, 1.54) is 32.1 Å². The van der Waals surface area contributed by atoms with Gasteiger partial charge < -0.3 is 5.32 Å². The highest BCUT2D eigenvalue weighted by atomic mass is 16.1. The van der Waals surface area contributed by atoms with Gasteiger partial charge >= 0.3 is 0 Å². The third kappa shape index (κ3) is 3.41. The molecule has 3 nitrogen and oxygen atoms in total. The number of hydrogen-bond donors (Lipinski definition) is 1. The lowest BCUT2D eigenvalue weighted by molar-refractivity contribution is 0.0951. The van der Waals surface area contributed by atoms with Crippen LogP contribution in [0.1, 0.15) is 48.9 Å². The molecular formula is C18H22N2O. The summed E-state index contributed by atoms with van der Waals surface area (Å²) in [5, 5.41) is 5.05. The van der Waals surface area contributed by atoms with Crippen LogP contribution >= 0.6 is 0 Å². The number of fused-ring (bicyclic) bond motifs is 1. The Hall–Kier alpha value is -1.90. The summed E-state index contributed by atoms with van der Waals surface area (Å²) in [6, 6.07) is 7.89. The summed E-state index contributed by atoms with van der Waals surface area (Å²) in [6.07, 6.45) is 11.3. The van der Waals surface area contributed by atoms with Gasteiger partial charge in [-0.15, -0.1) is 0 Å². The van der Waals surface area contributed by atoms with E-state index in [1.54, 1.807) is 12.4 Å². The molecular weight excluding hydrogens is 260 g/mol. The van der Waals surface area contributed by atoms with Crippen molar-refractivity contribution in [3.8, 4) is 0 Å². The van der Waals surface area contributed by atoms with Crippen LogP contribution in [0, 0.1) is 5.92 Å². The maximum atomic E-state index is 12.3. The summed E-state index contributed by atoms with van der Waals surface area (Å²) < 4.78 is 0. The summed E-state index contributed by atoms with van der Waals surface area (Å²) in [5.74, 6) is 0.791. The van der Waals surface area contributed by atoms with Gasteiger partial charge in [0.15, 0.2) is 0 Å². The molecule has 0 unspecified atom stereocenters. The van der Waals surface area contributed by atoms with Gasteiger partial charge in [-0.1, -0.05) is 56.4 Å². The molecule has 1 amide bonds. The number of carbonyl (C=O) groups is 1. The van der Waals surface area contributed by atoms with E-state index in [0.29, 0.717) is 5.56 Å². The molecule has 3 heteroatoms. The number of aromatic nitrogens is 1. The minimum absolute atomic E-state index is 0.00453. The quantitative estimate of drug-likeness (QED) is 0.923. The van der Waals surface area contributed by atoms with Crippen molar-refractivity contribution in [3.05, 3.63) is 42.2 Å². The van der Waals surface area contributed by atoms with Crippen LogP contribution in [0.3, 0.4) is 0 Å². The maximum Gasteiger partial charge on any atom is 0.253 e. The van der Waals surface area contributed by atoms with E-state index in [2.05, 4.69) is 10.3 Å². The molecule has 1 aliphatic carbocycles. The SMILES string of the molecule is O=C(NCCC1CCCCC1)c1cncc2ccccc12. The van der Waals surface area contributed by atoms with Gasteiger partial charge in [0, 0.05) is 24.3 Å². The molecule has 0 spiro atoms. The molecule has 21 heavy (non-hydrogen) atoms. The van der Waals surface area contributed by atoms with E-state index < -0.39 is 0 Å². The average Bonchev–Trinajstić information content (AvgIpc) is 2.55. The topological polar surface area (TPSA) is 42.0 Å². The Morgan fingerprint density at radius 1 is 1.14 bits per heavy atom. The van der Waals surface area contributed by atoms with Crippen molar-refractivity contribution in [2.45, 2.75) is 38.5 Å². The molecule has 3 rings (SSSR count). The van der Waals surface area contributed by atoms with Crippen molar-refractivity contribution in [2.24, 2.45) is 5.92 Å². The molecule has 1 saturated carbocycles. The van der Waals surface area contributed by atoms with Crippen molar-refractivity contribution in [2.75, 3.05) is 6.54 Å². The Morgan fingerprint density at radius 2 is 1.95 bits per heavy atom. The van der Waals surface area contributed by atoms with E-state index in [9.17, 15) is 4.79 Å². The van der Waals surface area contributed by atoms with Gasteiger partial charge in [-0.05, 0) is 17.7 Å². The first-order valence-electron chi connectivity index (χ1n) is 7.95. The van der Waals surface area contributed by atoms with Crippen LogP contribution in [0.2, 0.25) is 0 Å². The summed E-state index contributed by atoms with van der Waals surface area (Å²) in [6.45, 7) is 0.771. The lowest BCUT2D eigenvalue weighted by Crippen LogP contribution is -2.26. The fourth-order valence-electron chi connectivity index (χ4n) is 3.26. The van der Waals surface area contributed by atoms with Gasteiger partial charge in [-0.2, -0.15) is 0 Å². The van der Waals surface area contributed by atoms with Crippen LogP contribution in [0.4, 0.5) is 0 Å². The standard InChI is InChI=1S/C18H22N2O/c21-18(20-11-10-14-6-2-1-3-7-14)17-13-19-12-15-8-4-5-9-16(15)17/h4-5,8-9,12-14H,1-3,6-7,10-11H2,(H,20,21). The van der Waals surface area contributed by atoms with Crippen molar-refractivity contribution in [1.29, 1.82) is 0 Å². The second-order valence-electron chi connectivity index (χ2n) is 5.96. The second-order valence-corrected chi connectivity index (χ2v) is 5.96. The van der Waals surface area contributed by atoms with Crippen LogP contribution in [-0.2, 0) is 0 Å². The molecule has 0 saturated heterocycles. The summed E-state index contributed by atoms with van der Waals surface area (Å²) in [5.41, 5.74) is 0.678. The smallest absolute Gasteiger partial charge is 0.253 e. The van der Waals surface area contributed by atoms with Gasteiger partial charge in [0.2, 0.25) is 0 Å². The first kappa shape index (κ1) is 14.1. The largest absolute Gasteiger partial charge is 0.352 e. The number of nitrogens with zero attached hydrogens (tertiary/aromatic N) is 1. The predicted octanol–water partition coefficient (Wildman–Crippen LogP) is 3.94. The molecule has 0 radical (unpaired) electrons. The Balaban J connectivity index is 1.61. The fourth-order valence-corrected chi connectivity index (χ4v) is 3.26. The number of carbonyl (C=O) groups excluding carboxylic acids is 1. The van der Waals surface area contributed by atoms with Crippen molar-refractivity contribution >= 4 is 16.7 Å². The molecule has 1 aliphatic rings.